The van der Waals surface area contributed by atoms with Gasteiger partial charge in [-0.2, -0.15) is 0 Å². The number of rotatable bonds is 5. The van der Waals surface area contributed by atoms with Crippen molar-refractivity contribution in [3.8, 4) is 0 Å². The molecule has 0 saturated carbocycles. The highest BCUT2D eigenvalue weighted by Gasteiger charge is 2.16. The number of benzene rings is 1. The first-order valence-corrected chi connectivity index (χ1v) is 6.66. The monoisotopic (exact) mass is 253 g/mol. The topological polar surface area (TPSA) is 30.0 Å². The van der Waals surface area contributed by atoms with E-state index in [-0.39, 0.29) is 11.7 Å². The minimum absolute atomic E-state index is 0.120. The summed E-state index contributed by atoms with van der Waals surface area (Å²) in [6, 6.07) is 13.9. The molecule has 2 heteroatoms. The van der Waals surface area contributed by atoms with Gasteiger partial charge in [-0.15, -0.1) is 0 Å². The molecule has 1 heterocycles. The first kappa shape index (κ1) is 13.5. The quantitative estimate of drug-likeness (QED) is 0.813. The highest BCUT2D eigenvalue weighted by molar-refractivity contribution is 5.85. The molecule has 0 radical (unpaired) electrons. The molecule has 0 N–H and O–H groups in total. The molecule has 0 aliphatic carbocycles. The van der Waals surface area contributed by atoms with Gasteiger partial charge in [0.2, 0.25) is 0 Å². The minimum Gasteiger partial charge on any atom is -0.299 e. The number of pyridine rings is 1. The number of Topliss-reactive ketones (excluding diaryl/α,β-unsaturated/α-hetero) is 1. The molecule has 2 rings (SSSR count). The van der Waals surface area contributed by atoms with Crippen molar-refractivity contribution < 1.29 is 4.79 Å². The standard InChI is InChI=1S/C17H19NO/c1-13-7-3-4-8-15(13)10-11-17(19)14(2)16-9-5-6-12-18-16/h3-9,12,14H,10-11H2,1-2H3. The van der Waals surface area contributed by atoms with Crippen LogP contribution in [0.5, 0.6) is 0 Å². The van der Waals surface area contributed by atoms with E-state index in [1.54, 1.807) is 6.20 Å². The molecule has 1 atom stereocenters. The van der Waals surface area contributed by atoms with Crippen LogP contribution in [-0.2, 0) is 11.2 Å². The van der Waals surface area contributed by atoms with Gasteiger partial charge < -0.3 is 0 Å². The van der Waals surface area contributed by atoms with Crippen LogP contribution in [0.4, 0.5) is 0 Å². The van der Waals surface area contributed by atoms with Gasteiger partial charge in [-0.1, -0.05) is 30.3 Å². The van der Waals surface area contributed by atoms with E-state index in [4.69, 9.17) is 0 Å². The number of carbonyl (C=O) groups excluding carboxylic acids is 1. The highest BCUT2D eigenvalue weighted by Crippen LogP contribution is 2.17. The number of aromatic nitrogens is 1. The van der Waals surface area contributed by atoms with E-state index < -0.39 is 0 Å². The molecule has 1 aromatic heterocycles. The third kappa shape index (κ3) is 3.50. The molecule has 0 bridgehead atoms. The predicted molar refractivity (Wildman–Crippen MR) is 77.2 cm³/mol. The molecule has 0 aliphatic heterocycles. The summed E-state index contributed by atoms with van der Waals surface area (Å²) in [7, 11) is 0. The SMILES string of the molecule is Cc1ccccc1CCC(=O)C(C)c1ccccn1. The molecule has 0 saturated heterocycles. The van der Waals surface area contributed by atoms with Crippen molar-refractivity contribution in [2.24, 2.45) is 0 Å². The minimum atomic E-state index is -0.120. The predicted octanol–water partition coefficient (Wildman–Crippen LogP) is 3.70. The van der Waals surface area contributed by atoms with Crippen molar-refractivity contribution >= 4 is 5.78 Å². The van der Waals surface area contributed by atoms with E-state index in [1.807, 2.05) is 37.3 Å². The van der Waals surface area contributed by atoms with Crippen LogP contribution in [0.15, 0.2) is 48.7 Å². The third-order valence-electron chi connectivity index (χ3n) is 3.52. The first-order chi connectivity index (χ1) is 9.18. The van der Waals surface area contributed by atoms with Crippen molar-refractivity contribution in [3.05, 3.63) is 65.5 Å². The summed E-state index contributed by atoms with van der Waals surface area (Å²) < 4.78 is 0. The molecular formula is C17H19NO. The lowest BCUT2D eigenvalue weighted by molar-refractivity contribution is -0.120. The first-order valence-electron chi connectivity index (χ1n) is 6.66. The number of hydrogen-bond acceptors (Lipinski definition) is 2. The number of hydrogen-bond donors (Lipinski definition) is 0. The molecule has 1 aromatic carbocycles. The van der Waals surface area contributed by atoms with Crippen molar-refractivity contribution in [1.29, 1.82) is 0 Å². The van der Waals surface area contributed by atoms with E-state index in [1.165, 1.54) is 11.1 Å². The summed E-state index contributed by atoms with van der Waals surface area (Å²) in [5, 5.41) is 0. The van der Waals surface area contributed by atoms with Gasteiger partial charge in [-0.05, 0) is 43.5 Å². The maximum atomic E-state index is 12.2. The molecule has 0 amide bonds. The largest absolute Gasteiger partial charge is 0.299 e. The molecular weight excluding hydrogens is 234 g/mol. The number of aryl methyl sites for hydroxylation is 2. The second-order valence-electron chi connectivity index (χ2n) is 4.87. The van der Waals surface area contributed by atoms with Crippen LogP contribution in [0, 0.1) is 6.92 Å². The van der Waals surface area contributed by atoms with Crippen LogP contribution >= 0.6 is 0 Å². The van der Waals surface area contributed by atoms with Crippen LogP contribution in [-0.4, -0.2) is 10.8 Å². The molecule has 2 nitrogen and oxygen atoms in total. The number of ketones is 1. The third-order valence-corrected chi connectivity index (χ3v) is 3.52. The van der Waals surface area contributed by atoms with Crippen LogP contribution in [0.2, 0.25) is 0 Å². The Bertz CT molecular complexity index is 548. The van der Waals surface area contributed by atoms with Crippen LogP contribution in [0.25, 0.3) is 0 Å². The molecule has 0 aliphatic rings. The summed E-state index contributed by atoms with van der Waals surface area (Å²) in [4.78, 5) is 16.4. The van der Waals surface area contributed by atoms with Crippen molar-refractivity contribution in [1.82, 2.24) is 4.98 Å². The fourth-order valence-corrected chi connectivity index (χ4v) is 2.16. The average Bonchev–Trinajstić information content (AvgIpc) is 2.46. The molecule has 0 fully saturated rings. The zero-order chi connectivity index (χ0) is 13.7. The fraction of sp³-hybridized carbons (Fsp3) is 0.294. The lowest BCUT2D eigenvalue weighted by atomic mass is 9.95. The Kier molecular flexibility index (Phi) is 4.45. The van der Waals surface area contributed by atoms with Crippen molar-refractivity contribution in [2.75, 3.05) is 0 Å². The summed E-state index contributed by atoms with van der Waals surface area (Å²) >= 11 is 0. The number of nitrogens with zero attached hydrogens (tertiary/aromatic N) is 1. The summed E-state index contributed by atoms with van der Waals surface area (Å²) in [6.45, 7) is 4.02. The Hall–Kier alpha value is -1.96. The second-order valence-corrected chi connectivity index (χ2v) is 4.87. The van der Waals surface area contributed by atoms with Gasteiger partial charge in [0.15, 0.2) is 0 Å². The Morgan fingerprint density at radius 2 is 1.89 bits per heavy atom. The lowest BCUT2D eigenvalue weighted by Gasteiger charge is -2.10. The van der Waals surface area contributed by atoms with E-state index in [0.29, 0.717) is 6.42 Å². The molecule has 98 valence electrons. The van der Waals surface area contributed by atoms with Gasteiger partial charge >= 0.3 is 0 Å². The van der Waals surface area contributed by atoms with Crippen molar-refractivity contribution in [2.45, 2.75) is 32.6 Å². The van der Waals surface area contributed by atoms with Crippen LogP contribution < -0.4 is 0 Å². The molecule has 1 unspecified atom stereocenters. The van der Waals surface area contributed by atoms with E-state index in [2.05, 4.69) is 24.0 Å². The van der Waals surface area contributed by atoms with E-state index >= 15 is 0 Å². The normalized spacial score (nSPS) is 12.1. The lowest BCUT2D eigenvalue weighted by Crippen LogP contribution is -2.11. The zero-order valence-corrected chi connectivity index (χ0v) is 11.5. The Morgan fingerprint density at radius 1 is 1.16 bits per heavy atom. The smallest absolute Gasteiger partial charge is 0.141 e. The van der Waals surface area contributed by atoms with Gasteiger partial charge in [0, 0.05) is 12.6 Å². The molecule has 2 aromatic rings. The fourth-order valence-electron chi connectivity index (χ4n) is 2.16. The summed E-state index contributed by atoms with van der Waals surface area (Å²) in [6.07, 6.45) is 3.12. The Morgan fingerprint density at radius 3 is 2.58 bits per heavy atom. The zero-order valence-electron chi connectivity index (χ0n) is 11.5. The summed E-state index contributed by atoms with van der Waals surface area (Å²) in [5.74, 6) is 0.132. The molecule has 19 heavy (non-hydrogen) atoms. The van der Waals surface area contributed by atoms with Gasteiger partial charge in [0.05, 0.1) is 11.6 Å². The van der Waals surface area contributed by atoms with Gasteiger partial charge in [0.25, 0.3) is 0 Å². The van der Waals surface area contributed by atoms with E-state index in [0.717, 1.165) is 12.1 Å². The maximum Gasteiger partial charge on any atom is 0.141 e. The van der Waals surface area contributed by atoms with Crippen molar-refractivity contribution in [3.63, 3.8) is 0 Å². The van der Waals surface area contributed by atoms with Crippen LogP contribution in [0.1, 0.15) is 36.1 Å². The summed E-state index contributed by atoms with van der Waals surface area (Å²) in [5.41, 5.74) is 3.36. The second kappa shape index (κ2) is 6.28. The Labute approximate surface area is 114 Å². The van der Waals surface area contributed by atoms with Gasteiger partial charge in [-0.25, -0.2) is 0 Å². The highest BCUT2D eigenvalue weighted by atomic mass is 16.1. The van der Waals surface area contributed by atoms with Gasteiger partial charge in [-0.3, -0.25) is 9.78 Å². The van der Waals surface area contributed by atoms with Crippen LogP contribution in [0.3, 0.4) is 0 Å². The Balaban J connectivity index is 1.97. The van der Waals surface area contributed by atoms with E-state index in [9.17, 15) is 4.79 Å². The number of carbonyl (C=O) groups is 1. The van der Waals surface area contributed by atoms with Gasteiger partial charge in [0.1, 0.15) is 5.78 Å². The molecule has 0 spiro atoms. The maximum absolute atomic E-state index is 12.2. The average molecular weight is 253 g/mol.